The molecule has 0 unspecified atom stereocenters. The van der Waals surface area contributed by atoms with Gasteiger partial charge in [0.15, 0.2) is 11.6 Å². The van der Waals surface area contributed by atoms with Gasteiger partial charge in [-0.15, -0.1) is 0 Å². The van der Waals surface area contributed by atoms with Crippen molar-refractivity contribution in [3.8, 4) is 0 Å². The average Bonchev–Trinajstić information content (AvgIpc) is 3.04. The minimum Gasteiger partial charge on any atom is -0.353 e. The third kappa shape index (κ3) is 2.92. The van der Waals surface area contributed by atoms with E-state index < -0.39 is 0 Å². The van der Waals surface area contributed by atoms with Crippen LogP contribution in [-0.4, -0.2) is 33.4 Å². The highest BCUT2D eigenvalue weighted by atomic mass is 35.5. The molecule has 2 aromatic heterocycles. The van der Waals surface area contributed by atoms with Gasteiger partial charge in [0.1, 0.15) is 0 Å². The van der Waals surface area contributed by atoms with Gasteiger partial charge < -0.3 is 10.2 Å². The molecule has 0 atom stereocenters. The van der Waals surface area contributed by atoms with Gasteiger partial charge in [-0.25, -0.2) is 14.6 Å². The second-order valence-corrected chi connectivity index (χ2v) is 5.92. The Balaban J connectivity index is 1.74. The SMILES string of the molecule is Clc1ccc(Nc2nc3nonc3nc2N2CCCCC2)cc1. The highest BCUT2D eigenvalue weighted by molar-refractivity contribution is 6.30. The average molecular weight is 331 g/mol. The first-order valence-electron chi connectivity index (χ1n) is 7.57. The number of nitrogens with one attached hydrogen (secondary N) is 1. The zero-order valence-corrected chi connectivity index (χ0v) is 13.1. The summed E-state index contributed by atoms with van der Waals surface area (Å²) in [5, 5.41) is 11.6. The fraction of sp³-hybridized carbons (Fsp3) is 0.333. The van der Waals surface area contributed by atoms with E-state index in [0.29, 0.717) is 22.1 Å². The van der Waals surface area contributed by atoms with Gasteiger partial charge in [0.2, 0.25) is 11.3 Å². The minimum absolute atomic E-state index is 0.391. The van der Waals surface area contributed by atoms with Crippen molar-refractivity contribution in [1.29, 1.82) is 0 Å². The molecule has 3 heterocycles. The van der Waals surface area contributed by atoms with E-state index >= 15 is 0 Å². The third-order valence-corrected chi connectivity index (χ3v) is 4.11. The minimum atomic E-state index is 0.391. The number of hydrogen-bond acceptors (Lipinski definition) is 7. The molecular weight excluding hydrogens is 316 g/mol. The first kappa shape index (κ1) is 14.2. The van der Waals surface area contributed by atoms with E-state index in [1.165, 1.54) is 6.42 Å². The van der Waals surface area contributed by atoms with Gasteiger partial charge in [-0.05, 0) is 53.8 Å². The summed E-state index contributed by atoms with van der Waals surface area (Å²) in [6.45, 7) is 1.92. The molecule has 1 fully saturated rings. The van der Waals surface area contributed by atoms with Gasteiger partial charge >= 0.3 is 0 Å². The number of halogens is 1. The predicted octanol–water partition coefficient (Wildman–Crippen LogP) is 3.40. The Kier molecular flexibility index (Phi) is 3.70. The zero-order chi connectivity index (χ0) is 15.6. The maximum atomic E-state index is 5.94. The van der Waals surface area contributed by atoms with Crippen molar-refractivity contribution in [3.63, 3.8) is 0 Å². The Labute approximate surface area is 137 Å². The van der Waals surface area contributed by atoms with Crippen molar-refractivity contribution >= 4 is 40.2 Å². The normalized spacial score (nSPS) is 15.1. The van der Waals surface area contributed by atoms with Crippen molar-refractivity contribution < 1.29 is 4.63 Å². The molecule has 0 aliphatic carbocycles. The summed E-state index contributed by atoms with van der Waals surface area (Å²) >= 11 is 5.94. The molecule has 0 spiro atoms. The maximum Gasteiger partial charge on any atom is 0.245 e. The van der Waals surface area contributed by atoms with Crippen molar-refractivity contribution in [2.45, 2.75) is 19.3 Å². The van der Waals surface area contributed by atoms with Crippen LogP contribution in [0.4, 0.5) is 17.3 Å². The lowest BCUT2D eigenvalue weighted by Gasteiger charge is -2.28. The van der Waals surface area contributed by atoms with Crippen LogP contribution in [0.5, 0.6) is 0 Å². The van der Waals surface area contributed by atoms with Crippen LogP contribution in [0.25, 0.3) is 11.3 Å². The Bertz CT molecular complexity index is 812. The molecule has 1 saturated heterocycles. The summed E-state index contributed by atoms with van der Waals surface area (Å²) in [4.78, 5) is 11.3. The lowest BCUT2D eigenvalue weighted by Crippen LogP contribution is -2.31. The molecule has 7 nitrogen and oxygen atoms in total. The van der Waals surface area contributed by atoms with E-state index in [9.17, 15) is 0 Å². The molecule has 0 bridgehead atoms. The third-order valence-electron chi connectivity index (χ3n) is 3.86. The molecule has 118 valence electrons. The Morgan fingerprint density at radius 1 is 0.957 bits per heavy atom. The van der Waals surface area contributed by atoms with Crippen LogP contribution < -0.4 is 10.2 Å². The summed E-state index contributed by atoms with van der Waals surface area (Å²) in [7, 11) is 0. The Morgan fingerprint density at radius 3 is 2.39 bits per heavy atom. The lowest BCUT2D eigenvalue weighted by atomic mass is 10.1. The summed E-state index contributed by atoms with van der Waals surface area (Å²) < 4.78 is 4.74. The number of anilines is 3. The van der Waals surface area contributed by atoms with Gasteiger partial charge in [-0.3, -0.25) is 0 Å². The first-order chi connectivity index (χ1) is 11.3. The Hall–Kier alpha value is -2.41. The van der Waals surface area contributed by atoms with Gasteiger partial charge in [0.25, 0.3) is 0 Å². The summed E-state index contributed by atoms with van der Waals surface area (Å²) in [6, 6.07) is 7.45. The number of piperidine rings is 1. The van der Waals surface area contributed by atoms with E-state index in [2.05, 4.69) is 30.5 Å². The molecule has 0 radical (unpaired) electrons. The van der Waals surface area contributed by atoms with E-state index in [4.69, 9.17) is 16.2 Å². The van der Waals surface area contributed by atoms with Crippen molar-refractivity contribution in [3.05, 3.63) is 29.3 Å². The molecule has 1 aromatic carbocycles. The number of rotatable bonds is 3. The number of nitrogens with zero attached hydrogens (tertiary/aromatic N) is 5. The summed E-state index contributed by atoms with van der Waals surface area (Å²) in [6.07, 6.45) is 3.55. The standard InChI is InChI=1S/C15H15ClN6O/c16-10-4-6-11(7-5-10)17-14-15(22-8-2-1-3-9-22)19-13-12(18-14)20-23-21-13/h4-7H,1-3,8-9H2,(H,17,18,20). The smallest absolute Gasteiger partial charge is 0.245 e. The van der Waals surface area contributed by atoms with Crippen molar-refractivity contribution in [1.82, 2.24) is 20.3 Å². The van der Waals surface area contributed by atoms with Crippen LogP contribution in [-0.2, 0) is 0 Å². The van der Waals surface area contributed by atoms with Gasteiger partial charge in [0, 0.05) is 23.8 Å². The summed E-state index contributed by atoms with van der Waals surface area (Å²) in [5.41, 5.74) is 1.70. The summed E-state index contributed by atoms with van der Waals surface area (Å²) in [5.74, 6) is 1.43. The van der Waals surface area contributed by atoms with Crippen molar-refractivity contribution in [2.24, 2.45) is 0 Å². The van der Waals surface area contributed by atoms with E-state index in [1.807, 2.05) is 24.3 Å². The fourth-order valence-electron chi connectivity index (χ4n) is 2.71. The van der Waals surface area contributed by atoms with E-state index in [-0.39, 0.29) is 0 Å². The largest absolute Gasteiger partial charge is 0.353 e. The molecule has 23 heavy (non-hydrogen) atoms. The van der Waals surface area contributed by atoms with E-state index in [1.54, 1.807) is 0 Å². The highest BCUT2D eigenvalue weighted by Gasteiger charge is 2.20. The zero-order valence-electron chi connectivity index (χ0n) is 12.4. The predicted molar refractivity (Wildman–Crippen MR) is 88.2 cm³/mol. The molecule has 4 rings (SSSR count). The quantitative estimate of drug-likeness (QED) is 0.788. The molecule has 0 amide bonds. The molecule has 1 aliphatic rings. The second-order valence-electron chi connectivity index (χ2n) is 5.49. The molecule has 1 aliphatic heterocycles. The van der Waals surface area contributed by atoms with Crippen LogP contribution in [0.15, 0.2) is 28.9 Å². The molecule has 0 saturated carbocycles. The molecule has 3 aromatic rings. The molecular formula is C15H15ClN6O. The molecule has 1 N–H and O–H groups in total. The number of hydrogen-bond donors (Lipinski definition) is 1. The highest BCUT2D eigenvalue weighted by Crippen LogP contribution is 2.29. The monoisotopic (exact) mass is 330 g/mol. The van der Waals surface area contributed by atoms with E-state index in [0.717, 1.165) is 37.4 Å². The van der Waals surface area contributed by atoms with Crippen LogP contribution in [0.2, 0.25) is 5.02 Å². The topological polar surface area (TPSA) is 80.0 Å². The van der Waals surface area contributed by atoms with Crippen LogP contribution in [0.3, 0.4) is 0 Å². The van der Waals surface area contributed by atoms with Gasteiger partial charge in [-0.2, -0.15) is 0 Å². The number of fused-ring (bicyclic) bond motifs is 1. The van der Waals surface area contributed by atoms with Crippen LogP contribution in [0, 0.1) is 0 Å². The Morgan fingerprint density at radius 2 is 1.65 bits per heavy atom. The van der Waals surface area contributed by atoms with Gasteiger partial charge in [0.05, 0.1) is 0 Å². The van der Waals surface area contributed by atoms with Gasteiger partial charge in [-0.1, -0.05) is 11.6 Å². The maximum absolute atomic E-state index is 5.94. The van der Waals surface area contributed by atoms with Crippen LogP contribution >= 0.6 is 11.6 Å². The number of benzene rings is 1. The molecule has 8 heteroatoms. The second kappa shape index (κ2) is 6.00. The van der Waals surface area contributed by atoms with Crippen LogP contribution in [0.1, 0.15) is 19.3 Å². The lowest BCUT2D eigenvalue weighted by molar-refractivity contribution is 0.314. The van der Waals surface area contributed by atoms with Crippen molar-refractivity contribution in [2.75, 3.05) is 23.3 Å². The number of aromatic nitrogens is 4. The first-order valence-corrected chi connectivity index (χ1v) is 7.95. The fourth-order valence-corrected chi connectivity index (χ4v) is 2.84.